The number of cyclic esters (lactones) is 1. The first-order chi connectivity index (χ1) is 28.7. The minimum Gasteiger partial charge on any atom is -0.460 e. The van der Waals surface area contributed by atoms with E-state index in [1.807, 2.05) is 58.1 Å². The van der Waals surface area contributed by atoms with Crippen molar-refractivity contribution in [3.8, 4) is 0 Å². The number of ketones is 2. The Hall–Kier alpha value is -3.04. The van der Waals surface area contributed by atoms with Crippen LogP contribution in [-0.4, -0.2) is 122 Å². The molecule has 13 nitrogen and oxygen atoms in total. The zero-order valence-electron chi connectivity index (χ0n) is 37.8. The molecule has 3 fully saturated rings. The number of hydrogen-bond acceptors (Lipinski definition) is 12. The molecule has 4 aliphatic rings. The fourth-order valence-electron chi connectivity index (χ4n) is 9.59. The zero-order valence-corrected chi connectivity index (χ0v) is 37.8. The second-order valence-electron chi connectivity index (χ2n) is 18.9. The molecule has 1 saturated carbocycles. The highest BCUT2D eigenvalue weighted by Gasteiger charge is 2.47. The summed E-state index contributed by atoms with van der Waals surface area (Å²) in [4.78, 5) is 56.8. The molecule has 15 atom stereocenters. The number of ether oxygens (including phenoxy) is 3. The maximum Gasteiger partial charge on any atom is 0.329 e. The van der Waals surface area contributed by atoms with E-state index in [4.69, 9.17) is 14.2 Å². The molecule has 0 aromatic carbocycles. The molecule has 2 bridgehead atoms. The van der Waals surface area contributed by atoms with Crippen molar-refractivity contribution in [1.82, 2.24) is 4.90 Å². The largest absolute Gasteiger partial charge is 0.460 e. The van der Waals surface area contributed by atoms with Gasteiger partial charge in [0.2, 0.25) is 5.91 Å². The van der Waals surface area contributed by atoms with Crippen LogP contribution in [0.5, 0.6) is 0 Å². The number of methoxy groups -OCH3 is 1. The third-order valence-electron chi connectivity index (χ3n) is 13.8. The van der Waals surface area contributed by atoms with E-state index < -0.39 is 71.8 Å². The van der Waals surface area contributed by atoms with Crippen LogP contribution in [0.2, 0.25) is 0 Å². The smallest absolute Gasteiger partial charge is 0.329 e. The molecule has 1 amide bonds. The first kappa shape index (κ1) is 50.6. The molecule has 3 heterocycles. The normalized spacial score (nSPS) is 42.0. The molecule has 1 unspecified atom stereocenters. The predicted molar refractivity (Wildman–Crippen MR) is 231 cm³/mol. The summed E-state index contributed by atoms with van der Waals surface area (Å²) in [7, 11) is 1.62. The van der Waals surface area contributed by atoms with E-state index >= 15 is 0 Å². The van der Waals surface area contributed by atoms with Crippen LogP contribution in [-0.2, 0) is 33.4 Å². The van der Waals surface area contributed by atoms with Crippen LogP contribution in [0.15, 0.2) is 47.6 Å². The van der Waals surface area contributed by atoms with Gasteiger partial charge in [-0.15, -0.1) is 0 Å². The van der Waals surface area contributed by atoms with Gasteiger partial charge < -0.3 is 44.6 Å². The van der Waals surface area contributed by atoms with Gasteiger partial charge in [-0.25, -0.2) is 4.79 Å². The molecule has 13 heteroatoms. The molecule has 1 aliphatic carbocycles. The number of esters is 1. The number of allylic oxidation sites excluding steroid dienone is 6. The molecular formula is C48H75NO12. The molecular weight excluding hydrogens is 783 g/mol. The van der Waals surface area contributed by atoms with Crippen LogP contribution in [0.1, 0.15) is 126 Å². The Morgan fingerprint density at radius 3 is 2.28 bits per heavy atom. The van der Waals surface area contributed by atoms with E-state index in [-0.39, 0.29) is 60.1 Å². The van der Waals surface area contributed by atoms with Crippen molar-refractivity contribution in [2.24, 2.45) is 35.5 Å². The molecule has 3 aliphatic heterocycles. The van der Waals surface area contributed by atoms with E-state index in [1.54, 1.807) is 27.9 Å². The van der Waals surface area contributed by atoms with Gasteiger partial charge in [-0.1, -0.05) is 71.1 Å². The number of aliphatic hydroxyl groups is 5. The second-order valence-corrected chi connectivity index (χ2v) is 18.9. The van der Waals surface area contributed by atoms with Crippen LogP contribution >= 0.6 is 0 Å². The van der Waals surface area contributed by atoms with Gasteiger partial charge in [0.15, 0.2) is 11.6 Å². The number of carbonyl (C=O) groups is 4. The number of fused-ring (bicyclic) bond motifs is 3. The summed E-state index contributed by atoms with van der Waals surface area (Å²) in [6.45, 7) is 12.9. The Labute approximate surface area is 363 Å². The standard InChI is InChI=1S/C48H75NO12/c1-28-13-10-9-11-14-29(2)41(59-8)25-36-18-16-34(7)48(58,61-36)27-43(53)49-20-12-15-37(49)47(57)60-42(31(4)23-35-17-19-38(50)40(52)24-35)26-39(51)30(3)22-33(6)45(55)46(56)44(54)32(5)21-28/h9-11,13-14,22,28,30-32,34-38,40-42,45-46,50,52,55-56,58H,12,15-21,23-27H2,1-8H3/b11-9+,13-10+,29-14+,33-22+/t28-,30-,31-,32-,34-,35?,36+,37+,38+,40+,41+,42+,45-,46+,48+/m1/s1. The number of nitrogens with zero attached hydrogens (tertiary/aromatic N) is 1. The first-order valence-corrected chi connectivity index (χ1v) is 22.7. The summed E-state index contributed by atoms with van der Waals surface area (Å²) in [5.41, 5.74) is 1.20. The topological polar surface area (TPSA) is 200 Å². The van der Waals surface area contributed by atoms with Crippen LogP contribution in [0, 0.1) is 35.5 Å². The number of amides is 1. The summed E-state index contributed by atoms with van der Waals surface area (Å²) < 4.78 is 18.4. The van der Waals surface area contributed by atoms with E-state index in [0.717, 1.165) is 5.57 Å². The lowest BCUT2D eigenvalue weighted by Gasteiger charge is -2.43. The molecule has 4 rings (SSSR count). The van der Waals surface area contributed by atoms with E-state index in [1.165, 1.54) is 11.0 Å². The van der Waals surface area contributed by atoms with Gasteiger partial charge in [-0.2, -0.15) is 0 Å². The average molecular weight is 858 g/mol. The number of hydrogen-bond donors (Lipinski definition) is 5. The van der Waals surface area contributed by atoms with Crippen molar-refractivity contribution in [2.45, 2.75) is 180 Å². The van der Waals surface area contributed by atoms with Gasteiger partial charge in [-0.3, -0.25) is 14.4 Å². The number of aliphatic hydroxyl groups excluding tert-OH is 4. The van der Waals surface area contributed by atoms with Crippen molar-refractivity contribution < 1.29 is 58.9 Å². The van der Waals surface area contributed by atoms with Crippen molar-refractivity contribution in [3.05, 3.63) is 47.6 Å². The van der Waals surface area contributed by atoms with Crippen LogP contribution in [0.3, 0.4) is 0 Å². The van der Waals surface area contributed by atoms with E-state index in [9.17, 15) is 44.7 Å². The monoisotopic (exact) mass is 858 g/mol. The quantitative estimate of drug-likeness (QED) is 0.181. The first-order valence-electron chi connectivity index (χ1n) is 22.7. The average Bonchev–Trinajstić information content (AvgIpc) is 3.71. The van der Waals surface area contributed by atoms with E-state index in [2.05, 4.69) is 0 Å². The third-order valence-corrected chi connectivity index (χ3v) is 13.8. The lowest BCUT2D eigenvalue weighted by molar-refractivity contribution is -0.283. The van der Waals surface area contributed by atoms with Crippen LogP contribution in [0.4, 0.5) is 0 Å². The fraction of sp³-hybridized carbons (Fsp3) is 0.750. The molecule has 0 radical (unpaired) electrons. The second kappa shape index (κ2) is 23.1. The number of carbonyl (C=O) groups excluding carboxylic acids is 4. The van der Waals surface area contributed by atoms with Crippen LogP contribution in [0.25, 0.3) is 0 Å². The Kier molecular flexibility index (Phi) is 19.1. The fourth-order valence-corrected chi connectivity index (χ4v) is 9.59. The molecule has 0 spiro atoms. The highest BCUT2D eigenvalue weighted by Crippen LogP contribution is 2.39. The Morgan fingerprint density at radius 2 is 1.59 bits per heavy atom. The maximum absolute atomic E-state index is 14.1. The molecule has 5 N–H and O–H groups in total. The molecule has 61 heavy (non-hydrogen) atoms. The lowest BCUT2D eigenvalue weighted by Crippen LogP contribution is -2.52. The zero-order chi connectivity index (χ0) is 45.2. The van der Waals surface area contributed by atoms with Gasteiger partial charge in [0, 0.05) is 44.2 Å². The molecule has 0 aromatic rings. The predicted octanol–water partition coefficient (Wildman–Crippen LogP) is 5.30. The van der Waals surface area contributed by atoms with Gasteiger partial charge in [0.05, 0.1) is 30.8 Å². The SMILES string of the molecule is CO[C@H]1C[C@@H]2CC[C@@H](C)[C@](O)(CC(=O)N3CCC[C@H]3C(=O)O[C@H]([C@H](C)CC3CC[C@H](O)[C@@H](O)C3)CC(=O)[C@H](C)/C=C(\C)[C@@H](O)[C@@H](O)C(=O)[C@H](C)C[C@H](C)/C=C/C=C/C=C/1C)O2. The number of Topliss-reactive ketones (excluding diaryl/α,β-unsaturated/α-hetero) is 2. The van der Waals surface area contributed by atoms with Crippen molar-refractivity contribution in [2.75, 3.05) is 13.7 Å². The van der Waals surface area contributed by atoms with Gasteiger partial charge in [0.1, 0.15) is 30.1 Å². The van der Waals surface area contributed by atoms with Crippen molar-refractivity contribution in [3.63, 3.8) is 0 Å². The summed E-state index contributed by atoms with van der Waals surface area (Å²) in [5.74, 6) is -5.62. The Balaban J connectivity index is 1.63. The van der Waals surface area contributed by atoms with Crippen molar-refractivity contribution in [1.29, 1.82) is 0 Å². The minimum atomic E-state index is -1.76. The number of rotatable bonds is 4. The molecule has 0 aromatic heterocycles. The summed E-state index contributed by atoms with van der Waals surface area (Å²) in [6.07, 6.45) is 9.21. The van der Waals surface area contributed by atoms with E-state index in [0.29, 0.717) is 70.8 Å². The summed E-state index contributed by atoms with van der Waals surface area (Å²) >= 11 is 0. The van der Waals surface area contributed by atoms with Crippen LogP contribution < -0.4 is 0 Å². The Bertz CT molecular complexity index is 1620. The lowest BCUT2D eigenvalue weighted by atomic mass is 9.78. The Morgan fingerprint density at radius 1 is 0.869 bits per heavy atom. The van der Waals surface area contributed by atoms with Gasteiger partial charge in [0.25, 0.3) is 0 Å². The highest BCUT2D eigenvalue weighted by atomic mass is 16.6. The maximum atomic E-state index is 14.1. The summed E-state index contributed by atoms with van der Waals surface area (Å²) in [5, 5.41) is 54.4. The molecule has 344 valence electrons. The van der Waals surface area contributed by atoms with Crippen molar-refractivity contribution >= 4 is 23.4 Å². The summed E-state index contributed by atoms with van der Waals surface area (Å²) in [6, 6.07) is -0.925. The van der Waals surface area contributed by atoms with Gasteiger partial charge >= 0.3 is 5.97 Å². The highest BCUT2D eigenvalue weighted by molar-refractivity contribution is 5.87. The van der Waals surface area contributed by atoms with Gasteiger partial charge in [-0.05, 0) is 101 Å². The third kappa shape index (κ3) is 14.0. The minimum absolute atomic E-state index is 0.0119. The molecule has 2 saturated heterocycles.